The first-order valence-corrected chi connectivity index (χ1v) is 6.43. The highest BCUT2D eigenvalue weighted by Crippen LogP contribution is 2.27. The molecule has 2 rings (SSSR count). The molecule has 92 valence electrons. The topological polar surface area (TPSA) is 50.4 Å². The summed E-state index contributed by atoms with van der Waals surface area (Å²) < 4.78 is 5.52. The second-order valence-corrected chi connectivity index (χ2v) is 4.86. The molecule has 0 bridgehead atoms. The second-order valence-electron chi connectivity index (χ2n) is 4.86. The van der Waals surface area contributed by atoms with E-state index < -0.39 is 0 Å². The first-order chi connectivity index (χ1) is 7.84. The van der Waals surface area contributed by atoms with E-state index in [0.29, 0.717) is 18.9 Å². The molecule has 1 aliphatic heterocycles. The van der Waals surface area contributed by atoms with Crippen LogP contribution < -0.4 is 10.6 Å². The molecule has 0 aromatic carbocycles. The number of carbonyl (C=O) groups is 1. The van der Waals surface area contributed by atoms with E-state index in [0.717, 1.165) is 19.7 Å². The summed E-state index contributed by atoms with van der Waals surface area (Å²) >= 11 is 0. The van der Waals surface area contributed by atoms with Crippen molar-refractivity contribution in [1.82, 2.24) is 10.6 Å². The van der Waals surface area contributed by atoms with Crippen LogP contribution in [0.2, 0.25) is 0 Å². The van der Waals surface area contributed by atoms with Crippen molar-refractivity contribution in [1.29, 1.82) is 0 Å². The van der Waals surface area contributed by atoms with Gasteiger partial charge in [-0.1, -0.05) is 12.8 Å². The van der Waals surface area contributed by atoms with Gasteiger partial charge in [0.1, 0.15) is 0 Å². The van der Waals surface area contributed by atoms with Crippen LogP contribution in [-0.2, 0) is 9.53 Å². The summed E-state index contributed by atoms with van der Waals surface area (Å²) in [6.07, 6.45) is 5.92. The SMILES string of the molecule is O=C(CC1CCCC1)NCC1CNCCO1. The number of nitrogens with one attached hydrogen (secondary N) is 2. The number of rotatable bonds is 4. The van der Waals surface area contributed by atoms with Crippen molar-refractivity contribution in [2.24, 2.45) is 5.92 Å². The molecule has 1 atom stereocenters. The summed E-state index contributed by atoms with van der Waals surface area (Å²) in [6.45, 7) is 3.18. The lowest BCUT2D eigenvalue weighted by Gasteiger charge is -2.24. The molecule has 2 N–H and O–H groups in total. The Balaban J connectivity index is 1.59. The first-order valence-electron chi connectivity index (χ1n) is 6.43. The smallest absolute Gasteiger partial charge is 0.220 e. The summed E-state index contributed by atoms with van der Waals surface area (Å²) in [5.74, 6) is 0.825. The number of carbonyl (C=O) groups excluding carboxylic acids is 1. The van der Waals surface area contributed by atoms with Crippen molar-refractivity contribution in [2.45, 2.75) is 38.2 Å². The third kappa shape index (κ3) is 3.76. The number of ether oxygens (including phenoxy) is 1. The molecule has 1 aliphatic carbocycles. The van der Waals surface area contributed by atoms with E-state index in [1.54, 1.807) is 0 Å². The lowest BCUT2D eigenvalue weighted by atomic mass is 10.0. The average molecular weight is 226 g/mol. The number of morpholine rings is 1. The molecule has 4 nitrogen and oxygen atoms in total. The normalized spacial score (nSPS) is 26.9. The van der Waals surface area contributed by atoms with Crippen LogP contribution in [0.3, 0.4) is 0 Å². The monoisotopic (exact) mass is 226 g/mol. The quantitative estimate of drug-likeness (QED) is 0.741. The van der Waals surface area contributed by atoms with E-state index in [-0.39, 0.29) is 12.0 Å². The summed E-state index contributed by atoms with van der Waals surface area (Å²) in [5, 5.41) is 6.23. The minimum atomic E-state index is 0.154. The fraction of sp³-hybridized carbons (Fsp3) is 0.917. The second kappa shape index (κ2) is 6.21. The van der Waals surface area contributed by atoms with E-state index in [1.165, 1.54) is 25.7 Å². The van der Waals surface area contributed by atoms with Gasteiger partial charge in [-0.25, -0.2) is 0 Å². The zero-order chi connectivity index (χ0) is 11.2. The van der Waals surface area contributed by atoms with Gasteiger partial charge < -0.3 is 15.4 Å². The molecule has 0 spiro atoms. The van der Waals surface area contributed by atoms with E-state index in [2.05, 4.69) is 10.6 Å². The zero-order valence-corrected chi connectivity index (χ0v) is 9.84. The highest BCUT2D eigenvalue weighted by Gasteiger charge is 2.19. The van der Waals surface area contributed by atoms with Gasteiger partial charge in [-0.3, -0.25) is 4.79 Å². The van der Waals surface area contributed by atoms with Crippen LogP contribution >= 0.6 is 0 Å². The van der Waals surface area contributed by atoms with E-state index >= 15 is 0 Å². The minimum Gasteiger partial charge on any atom is -0.374 e. The molecule has 1 saturated heterocycles. The van der Waals surface area contributed by atoms with Crippen LogP contribution in [0, 0.1) is 5.92 Å². The molecule has 1 saturated carbocycles. The Kier molecular flexibility index (Phi) is 4.60. The van der Waals surface area contributed by atoms with Crippen LogP contribution in [0.1, 0.15) is 32.1 Å². The van der Waals surface area contributed by atoms with Crippen LogP contribution in [0.4, 0.5) is 0 Å². The van der Waals surface area contributed by atoms with Crippen molar-refractivity contribution in [2.75, 3.05) is 26.2 Å². The Hall–Kier alpha value is -0.610. The summed E-state index contributed by atoms with van der Waals surface area (Å²) in [5.41, 5.74) is 0. The average Bonchev–Trinajstić information content (AvgIpc) is 2.81. The number of hydrogen-bond donors (Lipinski definition) is 2. The molecular weight excluding hydrogens is 204 g/mol. The number of amides is 1. The number of hydrogen-bond acceptors (Lipinski definition) is 3. The standard InChI is InChI=1S/C12H22N2O2/c15-12(7-10-3-1-2-4-10)14-9-11-8-13-5-6-16-11/h10-11,13H,1-9H2,(H,14,15). The fourth-order valence-corrected chi connectivity index (χ4v) is 2.53. The van der Waals surface area contributed by atoms with Crippen molar-refractivity contribution in [3.8, 4) is 0 Å². The lowest BCUT2D eigenvalue weighted by Crippen LogP contribution is -2.45. The van der Waals surface area contributed by atoms with Gasteiger partial charge >= 0.3 is 0 Å². The Bertz CT molecular complexity index is 221. The highest BCUT2D eigenvalue weighted by molar-refractivity contribution is 5.76. The van der Waals surface area contributed by atoms with Crippen molar-refractivity contribution < 1.29 is 9.53 Å². The Morgan fingerprint density at radius 2 is 2.19 bits per heavy atom. The third-order valence-corrected chi connectivity index (χ3v) is 3.48. The molecule has 0 aromatic rings. The van der Waals surface area contributed by atoms with Gasteiger partial charge in [0, 0.05) is 26.1 Å². The first kappa shape index (κ1) is 11.9. The zero-order valence-electron chi connectivity index (χ0n) is 9.84. The van der Waals surface area contributed by atoms with Crippen molar-refractivity contribution in [3.05, 3.63) is 0 Å². The van der Waals surface area contributed by atoms with Gasteiger partial charge in [-0.05, 0) is 18.8 Å². The molecule has 16 heavy (non-hydrogen) atoms. The van der Waals surface area contributed by atoms with Crippen LogP contribution in [0.25, 0.3) is 0 Å². The Labute approximate surface area is 97.1 Å². The van der Waals surface area contributed by atoms with E-state index in [4.69, 9.17) is 4.74 Å². The molecule has 0 aromatic heterocycles. The molecule has 4 heteroatoms. The van der Waals surface area contributed by atoms with Crippen molar-refractivity contribution >= 4 is 5.91 Å². The lowest BCUT2D eigenvalue weighted by molar-refractivity contribution is -0.122. The maximum absolute atomic E-state index is 11.7. The molecule has 2 fully saturated rings. The largest absolute Gasteiger partial charge is 0.374 e. The molecule has 2 aliphatic rings. The Morgan fingerprint density at radius 1 is 1.38 bits per heavy atom. The third-order valence-electron chi connectivity index (χ3n) is 3.48. The summed E-state index contributed by atoms with van der Waals surface area (Å²) in [6, 6.07) is 0. The predicted molar refractivity (Wildman–Crippen MR) is 62.2 cm³/mol. The van der Waals surface area contributed by atoms with Gasteiger partial charge in [0.15, 0.2) is 0 Å². The molecule has 1 amide bonds. The van der Waals surface area contributed by atoms with Crippen LogP contribution in [0.15, 0.2) is 0 Å². The molecular formula is C12H22N2O2. The van der Waals surface area contributed by atoms with Gasteiger partial charge in [0.2, 0.25) is 5.91 Å². The molecule has 1 unspecified atom stereocenters. The maximum atomic E-state index is 11.7. The molecule has 1 heterocycles. The Morgan fingerprint density at radius 3 is 2.88 bits per heavy atom. The maximum Gasteiger partial charge on any atom is 0.220 e. The van der Waals surface area contributed by atoms with Gasteiger partial charge in [0.25, 0.3) is 0 Å². The fourth-order valence-electron chi connectivity index (χ4n) is 2.53. The van der Waals surface area contributed by atoms with Crippen LogP contribution in [0.5, 0.6) is 0 Å². The van der Waals surface area contributed by atoms with E-state index in [1.807, 2.05) is 0 Å². The van der Waals surface area contributed by atoms with Gasteiger partial charge in [-0.2, -0.15) is 0 Å². The minimum absolute atomic E-state index is 0.154. The predicted octanol–water partition coefficient (Wildman–Crippen LogP) is 0.671. The van der Waals surface area contributed by atoms with Crippen molar-refractivity contribution in [3.63, 3.8) is 0 Å². The highest BCUT2D eigenvalue weighted by atomic mass is 16.5. The molecule has 0 radical (unpaired) electrons. The van der Waals surface area contributed by atoms with E-state index in [9.17, 15) is 4.79 Å². The van der Waals surface area contributed by atoms with Gasteiger partial charge in [-0.15, -0.1) is 0 Å². The summed E-state index contributed by atoms with van der Waals surface area (Å²) in [4.78, 5) is 11.7. The summed E-state index contributed by atoms with van der Waals surface area (Å²) in [7, 11) is 0. The van der Waals surface area contributed by atoms with Crippen LogP contribution in [-0.4, -0.2) is 38.3 Å². The van der Waals surface area contributed by atoms with Gasteiger partial charge in [0.05, 0.1) is 12.7 Å².